The highest BCUT2D eigenvalue weighted by atomic mass is 19.4. The summed E-state index contributed by atoms with van der Waals surface area (Å²) in [6, 6.07) is 14.5. The fourth-order valence-corrected chi connectivity index (χ4v) is 4.46. The monoisotopic (exact) mass is 426 g/mol. The first-order valence-electron chi connectivity index (χ1n) is 10.2. The molecule has 2 atom stereocenters. The summed E-state index contributed by atoms with van der Waals surface area (Å²) in [7, 11) is 0. The lowest BCUT2D eigenvalue weighted by molar-refractivity contribution is -0.173. The van der Waals surface area contributed by atoms with Crippen molar-refractivity contribution in [3.8, 4) is 0 Å². The van der Waals surface area contributed by atoms with Crippen LogP contribution in [0.25, 0.3) is 0 Å². The number of carbonyl (C=O) groups excluding carboxylic acids is 1. The highest BCUT2D eigenvalue weighted by Gasteiger charge is 2.47. The lowest BCUT2D eigenvalue weighted by Crippen LogP contribution is -2.38. The maximum absolute atomic E-state index is 13.9. The zero-order valence-corrected chi connectivity index (χ0v) is 16.6. The molecule has 0 radical (unpaired) electrons. The van der Waals surface area contributed by atoms with Gasteiger partial charge >= 0.3 is 6.18 Å². The quantitative estimate of drug-likeness (QED) is 0.644. The van der Waals surface area contributed by atoms with Crippen molar-refractivity contribution >= 4 is 11.7 Å². The van der Waals surface area contributed by atoms with Crippen molar-refractivity contribution in [2.24, 2.45) is 0 Å². The molecule has 160 valence electrons. The zero-order valence-electron chi connectivity index (χ0n) is 16.6. The highest BCUT2D eigenvalue weighted by molar-refractivity contribution is 5.99. The predicted molar refractivity (Wildman–Crippen MR) is 110 cm³/mol. The van der Waals surface area contributed by atoms with Gasteiger partial charge in [-0.2, -0.15) is 18.3 Å². The Morgan fingerprint density at radius 2 is 1.74 bits per heavy atom. The van der Waals surface area contributed by atoms with Gasteiger partial charge in [-0.05, 0) is 23.1 Å². The summed E-state index contributed by atoms with van der Waals surface area (Å²) in [5, 5.41) is 7.14. The van der Waals surface area contributed by atoms with E-state index in [1.807, 2.05) is 30.3 Å². The lowest BCUT2D eigenvalue weighted by atomic mass is 9.96. The topological polar surface area (TPSA) is 50.2 Å². The Balaban J connectivity index is 1.49. The minimum atomic E-state index is -4.47. The van der Waals surface area contributed by atoms with Gasteiger partial charge in [-0.25, -0.2) is 4.68 Å². The van der Waals surface area contributed by atoms with E-state index in [2.05, 4.69) is 10.4 Å². The molecule has 0 fully saturated rings. The number of hydrogen-bond donors (Lipinski definition) is 1. The Kier molecular flexibility index (Phi) is 4.72. The number of benzene rings is 2. The molecule has 5 rings (SSSR count). The predicted octanol–water partition coefficient (Wildman–Crippen LogP) is 4.74. The van der Waals surface area contributed by atoms with Crippen LogP contribution in [0.1, 0.15) is 45.6 Å². The minimum Gasteiger partial charge on any atom is -0.363 e. The summed E-state index contributed by atoms with van der Waals surface area (Å²) >= 11 is 0. The summed E-state index contributed by atoms with van der Waals surface area (Å²) in [4.78, 5) is 15.0. The summed E-state index contributed by atoms with van der Waals surface area (Å²) in [5.41, 5.74) is 3.18. The Morgan fingerprint density at radius 3 is 2.48 bits per heavy atom. The smallest absolute Gasteiger partial charge is 0.363 e. The number of carbonyl (C=O) groups is 1. The third-order valence-electron chi connectivity index (χ3n) is 6.09. The van der Waals surface area contributed by atoms with E-state index in [0.29, 0.717) is 13.1 Å². The van der Waals surface area contributed by atoms with Crippen LogP contribution < -0.4 is 5.32 Å². The molecule has 1 aromatic heterocycles. The first kappa shape index (κ1) is 19.7. The second-order valence-electron chi connectivity index (χ2n) is 8.00. The molecule has 0 aliphatic carbocycles. The molecule has 3 heterocycles. The van der Waals surface area contributed by atoms with Crippen molar-refractivity contribution in [1.82, 2.24) is 14.7 Å². The molecule has 5 nitrogen and oxygen atoms in total. The van der Waals surface area contributed by atoms with Crippen molar-refractivity contribution in [2.75, 3.05) is 11.9 Å². The summed E-state index contributed by atoms with van der Waals surface area (Å²) in [6.07, 6.45) is -2.68. The van der Waals surface area contributed by atoms with Gasteiger partial charge in [-0.15, -0.1) is 0 Å². The largest absolute Gasteiger partial charge is 0.410 e. The molecule has 2 aliphatic heterocycles. The van der Waals surface area contributed by atoms with Gasteiger partial charge < -0.3 is 10.2 Å². The van der Waals surface area contributed by atoms with E-state index in [9.17, 15) is 18.0 Å². The van der Waals surface area contributed by atoms with Gasteiger partial charge in [0.05, 0.1) is 12.2 Å². The number of fused-ring (bicyclic) bond motifs is 2. The molecule has 2 aromatic carbocycles. The molecule has 1 amide bonds. The number of anilines is 1. The van der Waals surface area contributed by atoms with E-state index in [1.54, 1.807) is 29.2 Å². The van der Waals surface area contributed by atoms with Gasteiger partial charge in [-0.3, -0.25) is 4.79 Å². The molecule has 0 saturated carbocycles. The van der Waals surface area contributed by atoms with Crippen molar-refractivity contribution in [2.45, 2.75) is 37.6 Å². The minimum absolute atomic E-state index is 0.131. The molecular formula is C23H21F3N4O. The Labute approximate surface area is 177 Å². The summed E-state index contributed by atoms with van der Waals surface area (Å²) < 4.78 is 42.5. The lowest BCUT2D eigenvalue weighted by Gasteiger charge is -2.34. The third kappa shape index (κ3) is 3.56. The van der Waals surface area contributed by atoms with E-state index in [0.717, 1.165) is 22.2 Å². The fraction of sp³-hybridized carbons (Fsp3) is 0.304. The maximum Gasteiger partial charge on any atom is 0.410 e. The van der Waals surface area contributed by atoms with E-state index >= 15 is 0 Å². The number of nitrogens with zero attached hydrogens (tertiary/aromatic N) is 3. The zero-order chi connectivity index (χ0) is 21.6. The maximum atomic E-state index is 13.9. The number of nitrogens with one attached hydrogen (secondary N) is 1. The standard InChI is InChI=1S/C23H21F3N4O/c24-23(25,26)20-12-19(16-7-2-1-3-8-16)28-21-18(13-27-30(20)21)22(31)29-11-10-15-6-4-5-9-17(15)14-29/h1-9,13,19-20,28H,10-12,14H2/t19-,20-/m0/s1. The number of halogens is 3. The molecule has 31 heavy (non-hydrogen) atoms. The number of aromatic nitrogens is 2. The van der Waals surface area contributed by atoms with Crippen LogP contribution in [0.2, 0.25) is 0 Å². The van der Waals surface area contributed by atoms with Crippen LogP contribution in [0.5, 0.6) is 0 Å². The molecule has 0 spiro atoms. The second kappa shape index (κ2) is 7.44. The van der Waals surface area contributed by atoms with Gasteiger partial charge in [0.1, 0.15) is 11.4 Å². The van der Waals surface area contributed by atoms with Crippen molar-refractivity contribution in [3.05, 3.63) is 83.0 Å². The molecule has 2 aliphatic rings. The van der Waals surface area contributed by atoms with Gasteiger partial charge in [0.25, 0.3) is 5.91 Å². The fourth-order valence-electron chi connectivity index (χ4n) is 4.46. The first-order chi connectivity index (χ1) is 14.9. The van der Waals surface area contributed by atoms with Crippen LogP contribution in [0.4, 0.5) is 19.0 Å². The van der Waals surface area contributed by atoms with Crippen LogP contribution in [0.15, 0.2) is 60.8 Å². The van der Waals surface area contributed by atoms with Gasteiger partial charge in [0.2, 0.25) is 0 Å². The average molecular weight is 426 g/mol. The molecule has 3 aromatic rings. The van der Waals surface area contributed by atoms with Crippen LogP contribution in [0.3, 0.4) is 0 Å². The van der Waals surface area contributed by atoms with E-state index in [1.165, 1.54) is 11.8 Å². The molecular weight excluding hydrogens is 405 g/mol. The summed E-state index contributed by atoms with van der Waals surface area (Å²) in [5.74, 6) is -0.177. The van der Waals surface area contributed by atoms with Crippen LogP contribution in [0, 0.1) is 0 Å². The number of rotatable bonds is 2. The molecule has 0 saturated heterocycles. The first-order valence-corrected chi connectivity index (χ1v) is 10.2. The van der Waals surface area contributed by atoms with Crippen LogP contribution in [-0.4, -0.2) is 33.3 Å². The van der Waals surface area contributed by atoms with Crippen LogP contribution in [-0.2, 0) is 13.0 Å². The average Bonchev–Trinajstić information content (AvgIpc) is 3.21. The Morgan fingerprint density at radius 1 is 1.03 bits per heavy atom. The molecule has 0 bridgehead atoms. The normalized spacial score (nSPS) is 20.5. The van der Waals surface area contributed by atoms with Crippen LogP contribution >= 0.6 is 0 Å². The van der Waals surface area contributed by atoms with Gasteiger partial charge in [0, 0.05) is 19.5 Å². The van der Waals surface area contributed by atoms with E-state index in [4.69, 9.17) is 0 Å². The Hall–Kier alpha value is -3.29. The summed E-state index contributed by atoms with van der Waals surface area (Å²) in [6.45, 7) is 0.954. The van der Waals surface area contributed by atoms with Gasteiger partial charge in [-0.1, -0.05) is 54.6 Å². The third-order valence-corrected chi connectivity index (χ3v) is 6.09. The molecule has 0 unspecified atom stereocenters. The second-order valence-corrected chi connectivity index (χ2v) is 8.00. The van der Waals surface area contributed by atoms with Gasteiger partial charge in [0.15, 0.2) is 6.04 Å². The van der Waals surface area contributed by atoms with E-state index in [-0.39, 0.29) is 23.7 Å². The number of alkyl halides is 3. The van der Waals surface area contributed by atoms with Crippen molar-refractivity contribution in [1.29, 1.82) is 0 Å². The molecule has 8 heteroatoms. The highest BCUT2D eigenvalue weighted by Crippen LogP contribution is 2.44. The van der Waals surface area contributed by atoms with Crippen molar-refractivity contribution < 1.29 is 18.0 Å². The van der Waals surface area contributed by atoms with E-state index < -0.39 is 18.3 Å². The van der Waals surface area contributed by atoms with Crippen molar-refractivity contribution in [3.63, 3.8) is 0 Å². The Bertz CT molecular complexity index is 1110. The molecule has 1 N–H and O–H groups in total. The SMILES string of the molecule is O=C(c1cnn2c1N[C@H](c1ccccc1)C[C@H]2C(F)(F)F)N1CCc2ccccc2C1. The number of hydrogen-bond acceptors (Lipinski definition) is 3. The number of amides is 1.